The summed E-state index contributed by atoms with van der Waals surface area (Å²) in [6, 6.07) is 13.3. The van der Waals surface area contributed by atoms with E-state index < -0.39 is 0 Å². The third-order valence-electron chi connectivity index (χ3n) is 5.68. The molecule has 10 heteroatoms. The Labute approximate surface area is 201 Å². The Balaban J connectivity index is 1.56. The molecule has 5 rings (SSSR count). The van der Waals surface area contributed by atoms with Crippen LogP contribution in [-0.4, -0.2) is 43.4 Å². The van der Waals surface area contributed by atoms with Crippen LogP contribution in [0.1, 0.15) is 12.8 Å². The van der Waals surface area contributed by atoms with Crippen molar-refractivity contribution in [1.82, 2.24) is 29.6 Å². The Morgan fingerprint density at radius 1 is 1.21 bits per heavy atom. The van der Waals surface area contributed by atoms with E-state index in [9.17, 15) is 4.79 Å². The van der Waals surface area contributed by atoms with Crippen LogP contribution in [0.4, 0.5) is 17.5 Å². The second-order valence-electron chi connectivity index (χ2n) is 8.12. The molecule has 0 amide bonds. The second-order valence-corrected chi connectivity index (χ2v) is 8.56. The van der Waals surface area contributed by atoms with E-state index in [4.69, 9.17) is 16.6 Å². The van der Waals surface area contributed by atoms with Crippen molar-refractivity contribution in [2.45, 2.75) is 25.4 Å². The van der Waals surface area contributed by atoms with Crippen molar-refractivity contribution in [2.24, 2.45) is 0 Å². The van der Waals surface area contributed by atoms with Gasteiger partial charge in [-0.2, -0.15) is 4.98 Å². The SMILES string of the molecule is C=CCn1c(=O)c2cnc(Nc3ccc(Cl)cc3)nc2n1-c1cccc(N[C@H]2CCCNC2)n1. The lowest BCUT2D eigenvalue weighted by atomic mass is 10.1. The largest absolute Gasteiger partial charge is 0.366 e. The van der Waals surface area contributed by atoms with Crippen molar-refractivity contribution >= 4 is 40.1 Å². The molecule has 3 N–H and O–H groups in total. The molecule has 34 heavy (non-hydrogen) atoms. The first-order valence-electron chi connectivity index (χ1n) is 11.2. The third kappa shape index (κ3) is 4.52. The van der Waals surface area contributed by atoms with Crippen LogP contribution in [0.3, 0.4) is 0 Å². The number of hydrogen-bond donors (Lipinski definition) is 3. The van der Waals surface area contributed by atoms with E-state index >= 15 is 0 Å². The molecule has 0 bridgehead atoms. The minimum Gasteiger partial charge on any atom is -0.366 e. The summed E-state index contributed by atoms with van der Waals surface area (Å²) in [6.07, 6.45) is 5.42. The number of rotatable bonds is 7. The van der Waals surface area contributed by atoms with Gasteiger partial charge in [0.25, 0.3) is 5.56 Å². The first-order valence-corrected chi connectivity index (χ1v) is 11.6. The van der Waals surface area contributed by atoms with E-state index in [0.29, 0.717) is 40.4 Å². The summed E-state index contributed by atoms with van der Waals surface area (Å²) < 4.78 is 3.28. The van der Waals surface area contributed by atoms with Crippen LogP contribution in [0, 0.1) is 0 Å². The smallest absolute Gasteiger partial charge is 0.278 e. The van der Waals surface area contributed by atoms with Crippen molar-refractivity contribution in [2.75, 3.05) is 23.7 Å². The first kappa shape index (κ1) is 22.1. The Morgan fingerprint density at radius 2 is 2.06 bits per heavy atom. The molecule has 1 atom stereocenters. The summed E-state index contributed by atoms with van der Waals surface area (Å²) in [5.74, 6) is 1.69. The van der Waals surface area contributed by atoms with E-state index in [2.05, 4.69) is 32.5 Å². The number of hydrogen-bond acceptors (Lipinski definition) is 7. The molecular weight excluding hydrogens is 452 g/mol. The average molecular weight is 477 g/mol. The van der Waals surface area contributed by atoms with Gasteiger partial charge in [-0.05, 0) is 55.8 Å². The predicted octanol–water partition coefficient (Wildman–Crippen LogP) is 3.72. The van der Waals surface area contributed by atoms with Crippen molar-refractivity contribution in [1.29, 1.82) is 0 Å². The zero-order valence-corrected chi connectivity index (χ0v) is 19.3. The molecule has 4 heterocycles. The number of piperidine rings is 1. The maximum absolute atomic E-state index is 13.1. The van der Waals surface area contributed by atoms with Crippen molar-refractivity contribution in [3.05, 3.63) is 76.7 Å². The molecule has 1 aromatic carbocycles. The fourth-order valence-corrected chi connectivity index (χ4v) is 4.20. The topological polar surface area (TPSA) is 102 Å². The number of fused-ring (bicyclic) bond motifs is 1. The lowest BCUT2D eigenvalue weighted by molar-refractivity contribution is 0.479. The van der Waals surface area contributed by atoms with E-state index in [-0.39, 0.29) is 5.56 Å². The molecule has 3 aromatic heterocycles. The molecule has 0 unspecified atom stereocenters. The molecule has 4 aromatic rings. The van der Waals surface area contributed by atoms with Gasteiger partial charge in [0.2, 0.25) is 5.95 Å². The van der Waals surface area contributed by atoms with Gasteiger partial charge in [0, 0.05) is 29.5 Å². The number of aromatic nitrogens is 5. The van der Waals surface area contributed by atoms with Crippen LogP contribution in [0.15, 0.2) is 66.1 Å². The molecule has 1 saturated heterocycles. The number of pyridine rings is 1. The minimum atomic E-state index is -0.204. The van der Waals surface area contributed by atoms with Gasteiger partial charge in [-0.1, -0.05) is 23.7 Å². The van der Waals surface area contributed by atoms with Gasteiger partial charge in [0.1, 0.15) is 11.2 Å². The molecule has 0 radical (unpaired) electrons. The molecule has 174 valence electrons. The van der Waals surface area contributed by atoms with Gasteiger partial charge in [-0.25, -0.2) is 19.3 Å². The number of halogens is 1. The second kappa shape index (κ2) is 9.66. The Morgan fingerprint density at radius 3 is 2.82 bits per heavy atom. The predicted molar refractivity (Wildman–Crippen MR) is 135 cm³/mol. The van der Waals surface area contributed by atoms with Crippen molar-refractivity contribution < 1.29 is 0 Å². The van der Waals surface area contributed by atoms with Gasteiger partial charge < -0.3 is 16.0 Å². The highest BCUT2D eigenvalue weighted by atomic mass is 35.5. The highest BCUT2D eigenvalue weighted by molar-refractivity contribution is 6.30. The Hall–Kier alpha value is -3.69. The zero-order valence-electron chi connectivity index (χ0n) is 18.5. The molecular formula is C24H25ClN8O. The van der Waals surface area contributed by atoms with Crippen LogP contribution in [0.25, 0.3) is 16.9 Å². The highest BCUT2D eigenvalue weighted by Gasteiger charge is 2.19. The summed E-state index contributed by atoms with van der Waals surface area (Å²) in [5.41, 5.74) is 1.04. The number of nitrogens with one attached hydrogen (secondary N) is 3. The van der Waals surface area contributed by atoms with Gasteiger partial charge in [-0.3, -0.25) is 4.79 Å². The maximum atomic E-state index is 13.1. The van der Waals surface area contributed by atoms with Crippen LogP contribution < -0.4 is 21.5 Å². The monoisotopic (exact) mass is 476 g/mol. The molecule has 0 spiro atoms. The van der Waals surface area contributed by atoms with Gasteiger partial charge >= 0.3 is 0 Å². The number of nitrogens with zero attached hydrogens (tertiary/aromatic N) is 5. The van der Waals surface area contributed by atoms with Crippen LogP contribution >= 0.6 is 11.6 Å². The van der Waals surface area contributed by atoms with Crippen LogP contribution in [0.5, 0.6) is 0 Å². The highest BCUT2D eigenvalue weighted by Crippen LogP contribution is 2.21. The average Bonchev–Trinajstić information content (AvgIpc) is 3.12. The Kier molecular flexibility index (Phi) is 6.29. The molecule has 1 fully saturated rings. The fraction of sp³-hybridized carbons (Fsp3) is 0.250. The molecule has 9 nitrogen and oxygen atoms in total. The molecule has 0 saturated carbocycles. The van der Waals surface area contributed by atoms with E-state index in [1.165, 1.54) is 6.20 Å². The summed E-state index contributed by atoms with van der Waals surface area (Å²) >= 11 is 5.98. The summed E-state index contributed by atoms with van der Waals surface area (Å²) in [5, 5.41) is 11.1. The van der Waals surface area contributed by atoms with E-state index in [0.717, 1.165) is 37.4 Å². The first-order chi connectivity index (χ1) is 16.6. The van der Waals surface area contributed by atoms with Crippen molar-refractivity contribution in [3.8, 4) is 5.82 Å². The molecule has 1 aliphatic heterocycles. The summed E-state index contributed by atoms with van der Waals surface area (Å²) in [4.78, 5) is 27.0. The van der Waals surface area contributed by atoms with Gasteiger partial charge in [0.15, 0.2) is 11.5 Å². The third-order valence-corrected chi connectivity index (χ3v) is 5.93. The summed E-state index contributed by atoms with van der Waals surface area (Å²) in [7, 11) is 0. The minimum absolute atomic E-state index is 0.204. The maximum Gasteiger partial charge on any atom is 0.278 e. The number of benzene rings is 1. The van der Waals surface area contributed by atoms with E-state index in [1.54, 1.807) is 27.6 Å². The van der Waals surface area contributed by atoms with Crippen LogP contribution in [-0.2, 0) is 6.54 Å². The fourth-order valence-electron chi connectivity index (χ4n) is 4.08. The van der Waals surface area contributed by atoms with Crippen LogP contribution in [0.2, 0.25) is 5.02 Å². The van der Waals surface area contributed by atoms with Gasteiger partial charge in [0.05, 0.1) is 6.54 Å². The summed E-state index contributed by atoms with van der Waals surface area (Å²) in [6.45, 7) is 6.05. The molecule has 0 aliphatic carbocycles. The number of anilines is 3. The van der Waals surface area contributed by atoms with Crippen molar-refractivity contribution in [3.63, 3.8) is 0 Å². The Bertz CT molecular complexity index is 1370. The lowest BCUT2D eigenvalue weighted by Crippen LogP contribution is -2.38. The van der Waals surface area contributed by atoms with E-state index in [1.807, 2.05) is 30.3 Å². The number of allylic oxidation sites excluding steroid dienone is 1. The lowest BCUT2D eigenvalue weighted by Gasteiger charge is -2.24. The normalized spacial score (nSPS) is 15.9. The zero-order chi connectivity index (χ0) is 23.5. The molecule has 1 aliphatic rings. The van der Waals surface area contributed by atoms with Gasteiger partial charge in [-0.15, -0.1) is 6.58 Å². The quantitative estimate of drug-likeness (QED) is 0.349. The standard InChI is InChI=1S/C24H25ClN8O/c1-2-13-32-23(34)19-15-27-24(29-17-10-8-16(25)9-11-17)31-22(19)33(32)21-7-3-6-20(30-21)28-18-5-4-12-26-14-18/h2-3,6-11,15,18,26H,1,4-5,12-14H2,(H,28,30)(H,27,29,31)/t18-/m0/s1.